The van der Waals surface area contributed by atoms with Crippen LogP contribution in [0.1, 0.15) is 26.2 Å². The summed E-state index contributed by atoms with van der Waals surface area (Å²) < 4.78 is 40.1. The minimum Gasteiger partial charge on any atom is -0.355 e. The van der Waals surface area contributed by atoms with Gasteiger partial charge < -0.3 is 10.6 Å². The standard InChI is InChI=1S/C17H26FN3O3S/c1-2-9-19-10-11-20-17(22)14-7-12-21(13-8-14)25(23,24)16-6-4-3-5-15(16)18/h3-6,14,19H,2,7-13H2,1H3,(H,20,22). The molecule has 1 amide bonds. The van der Waals surface area contributed by atoms with Crippen molar-refractivity contribution in [2.75, 3.05) is 32.7 Å². The molecule has 0 radical (unpaired) electrons. The van der Waals surface area contributed by atoms with Gasteiger partial charge in [-0.3, -0.25) is 4.79 Å². The predicted molar refractivity (Wildman–Crippen MR) is 94.1 cm³/mol. The molecule has 0 aromatic heterocycles. The number of nitrogens with zero attached hydrogens (tertiary/aromatic N) is 1. The minimum atomic E-state index is -3.85. The van der Waals surface area contributed by atoms with Gasteiger partial charge in [-0.1, -0.05) is 19.1 Å². The molecule has 25 heavy (non-hydrogen) atoms. The Balaban J connectivity index is 1.85. The van der Waals surface area contributed by atoms with E-state index >= 15 is 0 Å². The Kier molecular flexibility index (Phi) is 7.34. The number of rotatable bonds is 8. The van der Waals surface area contributed by atoms with Gasteiger partial charge in [-0.25, -0.2) is 12.8 Å². The summed E-state index contributed by atoms with van der Waals surface area (Å²) in [6.45, 7) is 4.73. The first-order valence-corrected chi connectivity index (χ1v) is 10.1. The van der Waals surface area contributed by atoms with E-state index in [1.165, 1.54) is 22.5 Å². The van der Waals surface area contributed by atoms with Gasteiger partial charge in [-0.2, -0.15) is 4.31 Å². The zero-order valence-corrected chi connectivity index (χ0v) is 15.3. The van der Waals surface area contributed by atoms with Crippen LogP contribution in [0.15, 0.2) is 29.2 Å². The molecule has 1 heterocycles. The van der Waals surface area contributed by atoms with Gasteiger partial charge in [0.05, 0.1) is 0 Å². The molecule has 140 valence electrons. The summed E-state index contributed by atoms with van der Waals surface area (Å²) in [7, 11) is -3.85. The van der Waals surface area contributed by atoms with E-state index in [0.29, 0.717) is 19.4 Å². The van der Waals surface area contributed by atoms with Gasteiger partial charge in [0.25, 0.3) is 0 Å². The van der Waals surface area contributed by atoms with Gasteiger partial charge in [-0.15, -0.1) is 0 Å². The van der Waals surface area contributed by atoms with Crippen LogP contribution in [0.4, 0.5) is 4.39 Å². The summed E-state index contributed by atoms with van der Waals surface area (Å²) in [5.74, 6) is -0.985. The number of nitrogens with one attached hydrogen (secondary N) is 2. The lowest BCUT2D eigenvalue weighted by Crippen LogP contribution is -2.44. The molecule has 0 aliphatic carbocycles. The van der Waals surface area contributed by atoms with Crippen LogP contribution in [0.2, 0.25) is 0 Å². The van der Waals surface area contributed by atoms with Crippen molar-refractivity contribution >= 4 is 15.9 Å². The second-order valence-corrected chi connectivity index (χ2v) is 8.06. The molecule has 0 bridgehead atoms. The summed E-state index contributed by atoms with van der Waals surface area (Å²) in [5, 5.41) is 6.08. The number of sulfonamides is 1. The predicted octanol–water partition coefficient (Wildman–Crippen LogP) is 1.34. The fourth-order valence-corrected chi connectivity index (χ4v) is 4.41. The Hall–Kier alpha value is -1.51. The van der Waals surface area contributed by atoms with Crippen molar-refractivity contribution in [3.8, 4) is 0 Å². The van der Waals surface area contributed by atoms with Crippen LogP contribution < -0.4 is 10.6 Å². The van der Waals surface area contributed by atoms with Crippen LogP contribution in [0.3, 0.4) is 0 Å². The molecule has 0 saturated carbocycles. The van der Waals surface area contributed by atoms with E-state index in [1.54, 1.807) is 0 Å². The maximum atomic E-state index is 13.8. The number of hydrogen-bond donors (Lipinski definition) is 2. The van der Waals surface area contributed by atoms with Gasteiger partial charge in [-0.05, 0) is 37.9 Å². The van der Waals surface area contributed by atoms with Crippen LogP contribution in [0.25, 0.3) is 0 Å². The minimum absolute atomic E-state index is 0.0405. The maximum absolute atomic E-state index is 13.8. The lowest BCUT2D eigenvalue weighted by molar-refractivity contribution is -0.126. The Labute approximate surface area is 148 Å². The summed E-state index contributed by atoms with van der Waals surface area (Å²) >= 11 is 0. The summed E-state index contributed by atoms with van der Waals surface area (Å²) in [4.78, 5) is 11.8. The Morgan fingerprint density at radius 1 is 1.20 bits per heavy atom. The number of carbonyl (C=O) groups excluding carboxylic acids is 1. The van der Waals surface area contributed by atoms with Crippen molar-refractivity contribution in [2.24, 2.45) is 5.92 Å². The monoisotopic (exact) mass is 371 g/mol. The van der Waals surface area contributed by atoms with Crippen molar-refractivity contribution in [2.45, 2.75) is 31.1 Å². The van der Waals surface area contributed by atoms with Gasteiger partial charge >= 0.3 is 0 Å². The third-order valence-electron chi connectivity index (χ3n) is 4.31. The Morgan fingerprint density at radius 2 is 1.88 bits per heavy atom. The van der Waals surface area contributed by atoms with E-state index in [-0.39, 0.29) is 29.8 Å². The largest absolute Gasteiger partial charge is 0.355 e. The number of carbonyl (C=O) groups is 1. The molecule has 8 heteroatoms. The van der Waals surface area contributed by atoms with Crippen molar-refractivity contribution in [1.82, 2.24) is 14.9 Å². The molecule has 1 aliphatic rings. The molecule has 0 atom stereocenters. The van der Waals surface area contributed by atoms with Crippen LogP contribution in [-0.2, 0) is 14.8 Å². The van der Waals surface area contributed by atoms with E-state index in [9.17, 15) is 17.6 Å². The smallest absolute Gasteiger partial charge is 0.245 e. The second kappa shape index (κ2) is 9.26. The first-order valence-electron chi connectivity index (χ1n) is 8.70. The van der Waals surface area contributed by atoms with Gasteiger partial charge in [0.1, 0.15) is 10.7 Å². The van der Waals surface area contributed by atoms with Gasteiger partial charge in [0.2, 0.25) is 15.9 Å². The number of piperidine rings is 1. The molecule has 0 spiro atoms. The summed E-state index contributed by atoms with van der Waals surface area (Å²) in [6.07, 6.45) is 1.94. The molecule has 1 saturated heterocycles. The first kappa shape index (κ1) is 19.8. The molecule has 1 aromatic carbocycles. The topological polar surface area (TPSA) is 78.5 Å². The van der Waals surface area contributed by atoms with Gasteiger partial charge in [0.15, 0.2) is 0 Å². The van der Waals surface area contributed by atoms with Crippen molar-refractivity contribution in [3.05, 3.63) is 30.1 Å². The lowest BCUT2D eigenvalue weighted by Gasteiger charge is -2.30. The van der Waals surface area contributed by atoms with Gasteiger partial charge in [0, 0.05) is 32.1 Å². The van der Waals surface area contributed by atoms with E-state index in [4.69, 9.17) is 0 Å². The number of amides is 1. The average Bonchev–Trinajstić information content (AvgIpc) is 2.61. The van der Waals surface area contributed by atoms with Crippen LogP contribution in [0, 0.1) is 11.7 Å². The Bertz CT molecular complexity index is 673. The molecule has 2 rings (SSSR count). The highest BCUT2D eigenvalue weighted by molar-refractivity contribution is 7.89. The average molecular weight is 371 g/mol. The fourth-order valence-electron chi connectivity index (χ4n) is 2.87. The molecule has 0 unspecified atom stereocenters. The highest BCUT2D eigenvalue weighted by atomic mass is 32.2. The number of hydrogen-bond acceptors (Lipinski definition) is 4. The molecular weight excluding hydrogens is 345 g/mol. The molecular formula is C17H26FN3O3S. The van der Waals surface area contributed by atoms with E-state index in [0.717, 1.165) is 25.6 Å². The number of halogens is 1. The fraction of sp³-hybridized carbons (Fsp3) is 0.588. The zero-order valence-electron chi connectivity index (χ0n) is 14.5. The third-order valence-corrected chi connectivity index (χ3v) is 6.24. The summed E-state index contributed by atoms with van der Waals surface area (Å²) in [6, 6.07) is 5.37. The second-order valence-electron chi connectivity index (χ2n) is 6.15. The number of benzene rings is 1. The van der Waals surface area contributed by atoms with Crippen LogP contribution >= 0.6 is 0 Å². The zero-order chi connectivity index (χ0) is 18.3. The highest BCUT2D eigenvalue weighted by Gasteiger charge is 2.33. The normalized spacial score (nSPS) is 16.7. The van der Waals surface area contributed by atoms with Crippen molar-refractivity contribution in [3.63, 3.8) is 0 Å². The SMILES string of the molecule is CCCNCCNC(=O)C1CCN(S(=O)(=O)c2ccccc2F)CC1. The molecule has 1 fully saturated rings. The summed E-state index contributed by atoms with van der Waals surface area (Å²) in [5.41, 5.74) is 0. The van der Waals surface area contributed by atoms with Crippen molar-refractivity contribution in [1.29, 1.82) is 0 Å². The maximum Gasteiger partial charge on any atom is 0.245 e. The Morgan fingerprint density at radius 3 is 2.52 bits per heavy atom. The lowest BCUT2D eigenvalue weighted by atomic mass is 9.97. The third kappa shape index (κ3) is 5.23. The van der Waals surface area contributed by atoms with Crippen molar-refractivity contribution < 1.29 is 17.6 Å². The first-order chi connectivity index (χ1) is 12.0. The van der Waals surface area contributed by atoms with Crippen LogP contribution in [-0.4, -0.2) is 51.4 Å². The highest BCUT2D eigenvalue weighted by Crippen LogP contribution is 2.25. The molecule has 1 aromatic rings. The van der Waals surface area contributed by atoms with Crippen LogP contribution in [0.5, 0.6) is 0 Å². The molecule has 1 aliphatic heterocycles. The quantitative estimate of drug-likeness (QED) is 0.676. The van der Waals surface area contributed by atoms with E-state index in [2.05, 4.69) is 17.6 Å². The molecule has 2 N–H and O–H groups in total. The van der Waals surface area contributed by atoms with E-state index < -0.39 is 15.8 Å². The van der Waals surface area contributed by atoms with E-state index in [1.807, 2.05) is 0 Å². The molecule has 6 nitrogen and oxygen atoms in total.